The molecule has 1 aliphatic carbocycles. The number of hydrogen-bond acceptors (Lipinski definition) is 6. The molecule has 2 aromatic rings. The molecule has 0 bridgehead atoms. The van der Waals surface area contributed by atoms with Crippen molar-refractivity contribution in [3.63, 3.8) is 0 Å². The quantitative estimate of drug-likeness (QED) is 0.227. The zero-order valence-electron chi connectivity index (χ0n) is 25.3. The molecule has 1 unspecified atom stereocenters. The molecule has 4 rings (SSSR count). The summed E-state index contributed by atoms with van der Waals surface area (Å²) < 4.78 is 47.9. The first kappa shape index (κ1) is 35.1. The summed E-state index contributed by atoms with van der Waals surface area (Å²) in [5.41, 5.74) is 3.80. The molecule has 42 heavy (non-hydrogen) atoms. The van der Waals surface area contributed by atoms with E-state index in [1.54, 1.807) is 18.2 Å². The van der Waals surface area contributed by atoms with E-state index >= 15 is 0 Å². The first-order valence-corrected chi connectivity index (χ1v) is 14.2. The highest BCUT2D eigenvalue weighted by molar-refractivity contribution is 5.74. The van der Waals surface area contributed by atoms with Gasteiger partial charge in [-0.05, 0) is 79.0 Å². The summed E-state index contributed by atoms with van der Waals surface area (Å²) in [6.07, 6.45) is 3.10. The predicted molar refractivity (Wildman–Crippen MR) is 157 cm³/mol. The summed E-state index contributed by atoms with van der Waals surface area (Å²) in [7, 11) is 0. The Morgan fingerprint density at radius 1 is 1.12 bits per heavy atom. The number of nitrogens with one attached hydrogen (secondary N) is 1. The van der Waals surface area contributed by atoms with Crippen LogP contribution in [0.5, 0.6) is 11.5 Å². The van der Waals surface area contributed by atoms with E-state index in [0.717, 1.165) is 47.9 Å². The van der Waals surface area contributed by atoms with Crippen molar-refractivity contribution in [1.29, 1.82) is 0 Å². The number of aliphatic hydroxyl groups excluding tert-OH is 3. The largest absolute Gasteiger partial charge is 0.586 e. The minimum atomic E-state index is -3.51. The van der Waals surface area contributed by atoms with E-state index in [1.807, 2.05) is 39.8 Å². The Balaban J connectivity index is 0.000000253. The number of alkyl halides is 2. The van der Waals surface area contributed by atoms with Gasteiger partial charge in [-0.25, -0.2) is 4.39 Å². The van der Waals surface area contributed by atoms with Crippen LogP contribution in [0.3, 0.4) is 0 Å². The summed E-state index contributed by atoms with van der Waals surface area (Å²) in [6, 6.07) is 8.07. The van der Waals surface area contributed by atoms with Crippen molar-refractivity contribution < 1.29 is 42.8 Å². The molecule has 1 fully saturated rings. The van der Waals surface area contributed by atoms with E-state index in [9.17, 15) is 23.1 Å². The van der Waals surface area contributed by atoms with Gasteiger partial charge in [0.2, 0.25) is 6.41 Å². The number of fused-ring (bicyclic) bond motifs is 1. The fourth-order valence-electron chi connectivity index (χ4n) is 4.11. The molecule has 1 saturated carbocycles. The molecule has 10 heteroatoms. The van der Waals surface area contributed by atoms with Crippen molar-refractivity contribution in [3.05, 3.63) is 58.4 Å². The van der Waals surface area contributed by atoms with Gasteiger partial charge in [-0.1, -0.05) is 58.8 Å². The SMILES string of the molecule is CC1(c2ccc3c(c2)OC(F)(F)O3)CC1.CCC(O)CO.CCC/C(=C\c1cc(NC=O)c(F)cc1C)C(C)(C)CO. The monoisotopic (exact) mass is 595 g/mol. The maximum absolute atomic E-state index is 13.7. The van der Waals surface area contributed by atoms with Crippen molar-refractivity contribution in [2.24, 2.45) is 5.41 Å². The number of aliphatic hydroxyl groups is 3. The fourth-order valence-corrected chi connectivity index (χ4v) is 4.11. The van der Waals surface area contributed by atoms with Crippen molar-refractivity contribution in [2.45, 2.75) is 91.5 Å². The van der Waals surface area contributed by atoms with Gasteiger partial charge in [0.05, 0.1) is 25.0 Å². The first-order chi connectivity index (χ1) is 19.6. The fraction of sp³-hybridized carbons (Fsp3) is 0.531. The smallest absolute Gasteiger partial charge is 0.395 e. The summed E-state index contributed by atoms with van der Waals surface area (Å²) in [5.74, 6) is -0.186. The van der Waals surface area contributed by atoms with E-state index in [0.29, 0.717) is 12.8 Å². The summed E-state index contributed by atoms with van der Waals surface area (Å²) in [5, 5.41) is 28.4. The van der Waals surface area contributed by atoms with Gasteiger partial charge in [-0.15, -0.1) is 8.78 Å². The molecule has 0 spiro atoms. The first-order valence-electron chi connectivity index (χ1n) is 14.2. The van der Waals surface area contributed by atoms with Crippen molar-refractivity contribution in [2.75, 3.05) is 18.5 Å². The third kappa shape index (κ3) is 9.74. The van der Waals surface area contributed by atoms with Crippen LogP contribution in [-0.4, -0.2) is 47.3 Å². The average molecular weight is 596 g/mol. The third-order valence-electron chi connectivity index (χ3n) is 7.46. The molecule has 2 aliphatic rings. The van der Waals surface area contributed by atoms with Gasteiger partial charge in [-0.3, -0.25) is 4.79 Å². The topological polar surface area (TPSA) is 108 Å². The molecule has 1 amide bonds. The number of ether oxygens (including phenoxy) is 2. The number of hydrogen-bond donors (Lipinski definition) is 4. The number of anilines is 1. The van der Waals surface area contributed by atoms with Gasteiger partial charge >= 0.3 is 6.29 Å². The average Bonchev–Trinajstić information content (AvgIpc) is 3.61. The number of carbonyl (C=O) groups excluding carboxylic acids is 1. The molecule has 1 atom stereocenters. The predicted octanol–water partition coefficient (Wildman–Crippen LogP) is 6.71. The molecule has 0 aromatic heterocycles. The Morgan fingerprint density at radius 2 is 1.76 bits per heavy atom. The Bertz CT molecular complexity index is 1220. The van der Waals surface area contributed by atoms with Crippen LogP contribution in [-0.2, 0) is 10.2 Å². The summed E-state index contributed by atoms with van der Waals surface area (Å²) in [4.78, 5) is 10.5. The van der Waals surface area contributed by atoms with Gasteiger partial charge in [0.1, 0.15) is 5.82 Å². The van der Waals surface area contributed by atoms with E-state index < -0.39 is 18.2 Å². The second-order valence-electron chi connectivity index (χ2n) is 11.5. The molecule has 0 radical (unpaired) electrons. The van der Waals surface area contributed by atoms with Crippen LogP contribution < -0.4 is 14.8 Å². The zero-order chi connectivity index (χ0) is 31.7. The molecule has 1 heterocycles. The van der Waals surface area contributed by atoms with Gasteiger partial charge in [-0.2, -0.15) is 0 Å². The lowest BCUT2D eigenvalue weighted by Crippen LogP contribution is -2.25. The normalized spacial score (nSPS) is 16.8. The Hall–Kier alpha value is -3.08. The summed E-state index contributed by atoms with van der Waals surface area (Å²) >= 11 is 0. The van der Waals surface area contributed by atoms with Gasteiger partial charge in [0.15, 0.2) is 11.5 Å². The zero-order valence-corrected chi connectivity index (χ0v) is 25.3. The minimum absolute atomic E-state index is 0.0541. The number of amides is 1. The maximum atomic E-state index is 13.7. The van der Waals surface area contributed by atoms with Crippen LogP contribution in [0.15, 0.2) is 35.9 Å². The molecule has 234 valence electrons. The number of aryl methyl sites for hydroxylation is 1. The Kier molecular flexibility index (Phi) is 12.4. The number of halogens is 3. The maximum Gasteiger partial charge on any atom is 0.586 e. The van der Waals surface area contributed by atoms with Crippen LogP contribution >= 0.6 is 0 Å². The van der Waals surface area contributed by atoms with E-state index in [2.05, 4.69) is 28.6 Å². The van der Waals surface area contributed by atoms with Crippen molar-refractivity contribution in [1.82, 2.24) is 0 Å². The lowest BCUT2D eigenvalue weighted by Gasteiger charge is -2.26. The van der Waals surface area contributed by atoms with Crippen LogP contribution in [0.4, 0.5) is 18.9 Å². The number of benzene rings is 2. The van der Waals surface area contributed by atoms with E-state index in [1.165, 1.54) is 6.07 Å². The number of carbonyl (C=O) groups is 1. The van der Waals surface area contributed by atoms with Crippen LogP contribution in [0.1, 0.15) is 83.4 Å². The summed E-state index contributed by atoms with van der Waals surface area (Å²) in [6.45, 7) is 11.8. The molecule has 1 aliphatic heterocycles. The van der Waals surface area contributed by atoms with Gasteiger partial charge in [0.25, 0.3) is 0 Å². The molecular weight excluding hydrogens is 551 g/mol. The van der Waals surface area contributed by atoms with Gasteiger partial charge in [0, 0.05) is 5.41 Å². The van der Waals surface area contributed by atoms with Crippen LogP contribution in [0.2, 0.25) is 0 Å². The molecule has 2 aromatic carbocycles. The highest BCUT2D eigenvalue weighted by Crippen LogP contribution is 2.51. The van der Waals surface area contributed by atoms with Crippen molar-refractivity contribution >= 4 is 18.2 Å². The van der Waals surface area contributed by atoms with E-state index in [-0.39, 0.29) is 41.2 Å². The Morgan fingerprint density at radius 3 is 2.26 bits per heavy atom. The lowest BCUT2D eigenvalue weighted by atomic mass is 9.81. The number of rotatable bonds is 10. The standard InChI is InChI=1S/C17H24FNO2.C11H10F2O2.C4H10O2/c1-5-6-14(17(3,4)10-20)8-13-9-16(19-11-21)15(18)7-12(13)2;1-10(4-5-10)7-2-3-8-9(6-7)15-11(12,13)14-8;1-2-4(6)3-5/h7-9,11,20H,5-6,10H2,1-4H3,(H,19,21);2-3,6H,4-5H2,1H3;4-6H,2-3H2,1H3/b14-8+;;. The Labute approximate surface area is 246 Å². The molecule has 4 N–H and O–H groups in total. The molecule has 7 nitrogen and oxygen atoms in total. The van der Waals surface area contributed by atoms with Crippen molar-refractivity contribution in [3.8, 4) is 11.5 Å². The third-order valence-corrected chi connectivity index (χ3v) is 7.46. The second kappa shape index (κ2) is 14.9. The van der Waals surface area contributed by atoms with E-state index in [4.69, 9.17) is 10.2 Å². The minimum Gasteiger partial charge on any atom is -0.395 e. The lowest BCUT2D eigenvalue weighted by molar-refractivity contribution is -0.286. The highest BCUT2D eigenvalue weighted by Gasteiger charge is 2.45. The molecule has 0 saturated heterocycles. The van der Waals surface area contributed by atoms with Crippen LogP contribution in [0.25, 0.3) is 6.08 Å². The van der Waals surface area contributed by atoms with Gasteiger partial charge < -0.3 is 30.1 Å². The molecular formula is C32H44F3NO6. The second-order valence-corrected chi connectivity index (χ2v) is 11.5. The van der Waals surface area contributed by atoms with Crippen LogP contribution in [0, 0.1) is 18.2 Å². The highest BCUT2D eigenvalue weighted by atomic mass is 19.3.